The van der Waals surface area contributed by atoms with Crippen molar-refractivity contribution >= 4 is 5.91 Å². The van der Waals surface area contributed by atoms with E-state index >= 15 is 0 Å². The van der Waals surface area contributed by atoms with Gasteiger partial charge in [0.1, 0.15) is 11.8 Å². The van der Waals surface area contributed by atoms with Gasteiger partial charge in [-0.1, -0.05) is 23.4 Å². The van der Waals surface area contributed by atoms with Crippen LogP contribution in [0.2, 0.25) is 0 Å². The summed E-state index contributed by atoms with van der Waals surface area (Å²) in [7, 11) is 0. The summed E-state index contributed by atoms with van der Waals surface area (Å²) in [6, 6.07) is 13.3. The highest BCUT2D eigenvalue weighted by molar-refractivity contribution is 5.78. The molecule has 0 saturated heterocycles. The van der Waals surface area contributed by atoms with Crippen molar-refractivity contribution in [2.45, 2.75) is 32.9 Å². The topological polar surface area (TPSA) is 118 Å². The van der Waals surface area contributed by atoms with Gasteiger partial charge in [0.25, 0.3) is 5.89 Å². The zero-order valence-electron chi connectivity index (χ0n) is 17.5. The van der Waals surface area contributed by atoms with Crippen molar-refractivity contribution < 1.29 is 14.1 Å². The quantitative estimate of drug-likeness (QED) is 0.678. The molecular formula is C23H23N5O3. The number of nitrogens with zero attached hydrogens (tertiary/aromatic N) is 4. The Labute approximate surface area is 180 Å². The number of benzene rings is 2. The number of amides is 1. The Hall–Kier alpha value is -3.70. The molecule has 2 N–H and O–H groups in total. The average molecular weight is 417 g/mol. The van der Waals surface area contributed by atoms with E-state index in [0.717, 1.165) is 16.7 Å². The van der Waals surface area contributed by atoms with E-state index in [-0.39, 0.29) is 18.6 Å². The Morgan fingerprint density at radius 3 is 2.94 bits per heavy atom. The number of ether oxygens (including phenoxy) is 1. The molecule has 158 valence electrons. The number of hydrogen-bond donors (Lipinski definition) is 1. The monoisotopic (exact) mass is 417 g/mol. The van der Waals surface area contributed by atoms with Crippen molar-refractivity contribution in [1.82, 2.24) is 15.0 Å². The molecule has 1 aliphatic rings. The highest BCUT2D eigenvalue weighted by Gasteiger charge is 2.24. The van der Waals surface area contributed by atoms with Crippen LogP contribution in [0.5, 0.6) is 5.75 Å². The van der Waals surface area contributed by atoms with Gasteiger partial charge < -0.3 is 19.9 Å². The summed E-state index contributed by atoms with van der Waals surface area (Å²) < 4.78 is 11.2. The Kier molecular flexibility index (Phi) is 5.69. The van der Waals surface area contributed by atoms with E-state index in [9.17, 15) is 10.1 Å². The van der Waals surface area contributed by atoms with Crippen LogP contribution < -0.4 is 10.5 Å². The second kappa shape index (κ2) is 8.58. The third-order valence-corrected chi connectivity index (χ3v) is 5.17. The molecule has 31 heavy (non-hydrogen) atoms. The van der Waals surface area contributed by atoms with Crippen LogP contribution in [0.15, 0.2) is 40.9 Å². The van der Waals surface area contributed by atoms with Crippen molar-refractivity contribution in [1.29, 1.82) is 5.26 Å². The first kappa shape index (κ1) is 20.6. The number of fused-ring (bicyclic) bond motifs is 1. The minimum absolute atomic E-state index is 0.00884. The molecule has 2 heterocycles. The van der Waals surface area contributed by atoms with Gasteiger partial charge in [0.15, 0.2) is 0 Å². The molecule has 0 aliphatic carbocycles. The molecule has 0 atom stereocenters. The van der Waals surface area contributed by atoms with Crippen molar-refractivity contribution in [2.75, 3.05) is 13.1 Å². The molecule has 2 aromatic carbocycles. The summed E-state index contributed by atoms with van der Waals surface area (Å²) in [5.41, 5.74) is 9.61. The second-order valence-corrected chi connectivity index (χ2v) is 7.63. The van der Waals surface area contributed by atoms with Gasteiger partial charge >= 0.3 is 0 Å². The summed E-state index contributed by atoms with van der Waals surface area (Å²) in [5, 5.41) is 13.6. The van der Waals surface area contributed by atoms with Crippen LogP contribution in [0.25, 0.3) is 22.8 Å². The summed E-state index contributed by atoms with van der Waals surface area (Å²) >= 11 is 0. The Bertz CT molecular complexity index is 1160. The van der Waals surface area contributed by atoms with Gasteiger partial charge in [0.2, 0.25) is 11.7 Å². The first-order chi connectivity index (χ1) is 15.0. The highest BCUT2D eigenvalue weighted by atomic mass is 16.5. The fourth-order valence-electron chi connectivity index (χ4n) is 3.72. The van der Waals surface area contributed by atoms with Crippen LogP contribution in [-0.2, 0) is 17.8 Å². The smallest absolute Gasteiger partial charge is 0.258 e. The lowest BCUT2D eigenvalue weighted by molar-refractivity contribution is -0.130. The van der Waals surface area contributed by atoms with Gasteiger partial charge in [0.05, 0.1) is 18.2 Å². The lowest BCUT2D eigenvalue weighted by Gasteiger charge is -2.29. The Morgan fingerprint density at radius 1 is 1.35 bits per heavy atom. The van der Waals surface area contributed by atoms with Crippen LogP contribution in [0.3, 0.4) is 0 Å². The van der Waals surface area contributed by atoms with Crippen LogP contribution in [0.1, 0.15) is 30.5 Å². The third kappa shape index (κ3) is 4.13. The molecule has 0 bridgehead atoms. The van der Waals surface area contributed by atoms with Crippen LogP contribution in [0.4, 0.5) is 0 Å². The molecule has 0 saturated carbocycles. The lowest BCUT2D eigenvalue weighted by atomic mass is 9.94. The third-order valence-electron chi connectivity index (χ3n) is 5.17. The maximum absolute atomic E-state index is 12.0. The largest absolute Gasteiger partial charge is 0.490 e. The molecule has 0 unspecified atom stereocenters. The van der Waals surface area contributed by atoms with Gasteiger partial charge in [-0.3, -0.25) is 4.79 Å². The van der Waals surface area contributed by atoms with Crippen LogP contribution in [-0.4, -0.2) is 40.1 Å². The number of rotatable bonds is 5. The number of nitriles is 1. The number of carbonyl (C=O) groups excluding carboxylic acids is 1. The zero-order chi connectivity index (χ0) is 22.0. The van der Waals surface area contributed by atoms with Crippen LogP contribution in [0, 0.1) is 11.3 Å². The molecule has 3 aromatic rings. The predicted molar refractivity (Wildman–Crippen MR) is 114 cm³/mol. The van der Waals surface area contributed by atoms with Crippen LogP contribution >= 0.6 is 0 Å². The van der Waals surface area contributed by atoms with Crippen molar-refractivity contribution in [3.8, 4) is 34.7 Å². The standard InChI is InChI=1S/C23H23N5O3/c1-14(2)30-20-7-6-15(10-17(20)11-24)23-26-22(27-31-23)19-5-3-4-16-13-28(21(29)12-25)9-8-18(16)19/h3-7,10,14H,8-9,12-13,25H2,1-2H3. The first-order valence-electron chi connectivity index (χ1n) is 10.1. The maximum atomic E-state index is 12.0. The molecule has 0 radical (unpaired) electrons. The molecule has 8 nitrogen and oxygen atoms in total. The van der Waals surface area contributed by atoms with Gasteiger partial charge in [-0.15, -0.1) is 0 Å². The molecule has 0 spiro atoms. The Balaban J connectivity index is 1.64. The number of nitrogens with two attached hydrogens (primary N) is 1. The summed E-state index contributed by atoms with van der Waals surface area (Å²) in [6.45, 7) is 4.95. The average Bonchev–Trinajstić information content (AvgIpc) is 3.27. The SMILES string of the molecule is CC(C)Oc1ccc(-c2nc(-c3cccc4c3CCN(C(=O)CN)C4)no2)cc1C#N. The minimum atomic E-state index is -0.0592. The van der Waals surface area contributed by atoms with Gasteiger partial charge in [0, 0.05) is 24.2 Å². The van der Waals surface area contributed by atoms with Crippen molar-refractivity contribution in [3.05, 3.63) is 53.1 Å². The molecule has 1 aliphatic heterocycles. The van der Waals surface area contributed by atoms with E-state index in [2.05, 4.69) is 16.2 Å². The second-order valence-electron chi connectivity index (χ2n) is 7.63. The first-order valence-corrected chi connectivity index (χ1v) is 10.1. The molecule has 1 amide bonds. The molecule has 0 fully saturated rings. The number of hydrogen-bond acceptors (Lipinski definition) is 7. The summed E-state index contributed by atoms with van der Waals surface area (Å²) in [4.78, 5) is 18.3. The van der Waals surface area contributed by atoms with E-state index in [1.54, 1.807) is 23.1 Å². The summed E-state index contributed by atoms with van der Waals surface area (Å²) in [5.74, 6) is 1.27. The zero-order valence-corrected chi connectivity index (χ0v) is 17.5. The minimum Gasteiger partial charge on any atom is -0.490 e. The fourth-order valence-corrected chi connectivity index (χ4v) is 3.72. The number of carbonyl (C=O) groups is 1. The Morgan fingerprint density at radius 2 is 2.19 bits per heavy atom. The van der Waals surface area contributed by atoms with E-state index in [0.29, 0.717) is 48.1 Å². The lowest BCUT2D eigenvalue weighted by Crippen LogP contribution is -2.39. The summed E-state index contributed by atoms with van der Waals surface area (Å²) in [6.07, 6.45) is 0.661. The van der Waals surface area contributed by atoms with E-state index in [4.69, 9.17) is 15.0 Å². The predicted octanol–water partition coefficient (Wildman–Crippen LogP) is 2.91. The van der Waals surface area contributed by atoms with E-state index in [1.165, 1.54) is 0 Å². The van der Waals surface area contributed by atoms with Crippen molar-refractivity contribution in [2.24, 2.45) is 5.73 Å². The molecular weight excluding hydrogens is 394 g/mol. The number of aromatic nitrogens is 2. The van der Waals surface area contributed by atoms with Gasteiger partial charge in [-0.25, -0.2) is 0 Å². The van der Waals surface area contributed by atoms with Gasteiger partial charge in [-0.05, 0) is 49.6 Å². The van der Waals surface area contributed by atoms with E-state index in [1.807, 2.05) is 32.0 Å². The molecule has 1 aromatic heterocycles. The van der Waals surface area contributed by atoms with Crippen molar-refractivity contribution in [3.63, 3.8) is 0 Å². The normalized spacial score (nSPS) is 13.1. The molecule has 8 heteroatoms. The highest BCUT2D eigenvalue weighted by Crippen LogP contribution is 2.31. The molecule has 4 rings (SSSR count). The van der Waals surface area contributed by atoms with E-state index < -0.39 is 0 Å². The maximum Gasteiger partial charge on any atom is 0.258 e. The van der Waals surface area contributed by atoms with Gasteiger partial charge in [-0.2, -0.15) is 10.2 Å². The fraction of sp³-hybridized carbons (Fsp3) is 0.304.